The van der Waals surface area contributed by atoms with E-state index in [1.165, 1.54) is 62.8 Å². The minimum Gasteiger partial charge on any atom is -0.391 e. The number of nitrogens with one attached hydrogen (secondary N) is 5. The average molecular weight is 2060 g/mol. The summed E-state index contributed by atoms with van der Waals surface area (Å²) in [6.07, 6.45) is 23.4. The molecule has 5 aromatic carbocycles. The van der Waals surface area contributed by atoms with E-state index in [-0.39, 0.29) is 109 Å². The summed E-state index contributed by atoms with van der Waals surface area (Å²) in [5.41, 5.74) is 56.7. The smallest absolute Gasteiger partial charge is 0.248 e. The molecular formula is C101H110Cl4F3N19O7S5. The normalized spacial score (nSPS) is 14.5. The van der Waals surface area contributed by atoms with Crippen molar-refractivity contribution < 1.29 is 47.4 Å². The largest absolute Gasteiger partial charge is 0.391 e. The summed E-state index contributed by atoms with van der Waals surface area (Å²) in [4.78, 5) is 99.5. The molecule has 5 unspecified atom stereocenters. The van der Waals surface area contributed by atoms with Crippen LogP contribution in [-0.4, -0.2) is 109 Å². The van der Waals surface area contributed by atoms with Crippen LogP contribution in [0.4, 0.5) is 13.2 Å². The van der Waals surface area contributed by atoms with Crippen LogP contribution in [0.15, 0.2) is 202 Å². The third-order valence-corrected chi connectivity index (χ3v) is 30.7. The fourth-order valence-corrected chi connectivity index (χ4v) is 20.5. The molecule has 730 valence electrons. The van der Waals surface area contributed by atoms with Crippen molar-refractivity contribution >= 4 is 172 Å². The highest BCUT2D eigenvalue weighted by Crippen LogP contribution is 2.39. The lowest BCUT2D eigenvalue weighted by Gasteiger charge is -2.15. The Morgan fingerprint density at radius 1 is 0.353 bits per heavy atom. The predicted octanol–water partition coefficient (Wildman–Crippen LogP) is 17.5. The van der Waals surface area contributed by atoms with E-state index >= 15 is 0 Å². The van der Waals surface area contributed by atoms with E-state index in [2.05, 4.69) is 82.3 Å². The number of amides is 5. The van der Waals surface area contributed by atoms with E-state index in [4.69, 9.17) is 86.5 Å². The number of rotatable bonds is 32. The molecule has 26 nitrogen and oxygen atoms in total. The molecule has 21 N–H and O–H groups in total. The van der Waals surface area contributed by atoms with Crippen LogP contribution in [0.3, 0.4) is 0 Å². The van der Waals surface area contributed by atoms with E-state index in [1.54, 1.807) is 83.4 Å². The van der Waals surface area contributed by atoms with Crippen molar-refractivity contribution in [2.24, 2.45) is 50.1 Å². The quantitative estimate of drug-likeness (QED) is 0.0138. The van der Waals surface area contributed by atoms with Crippen LogP contribution in [0.2, 0.25) is 20.1 Å². The molecule has 5 amide bonds. The van der Waals surface area contributed by atoms with Gasteiger partial charge in [0.2, 0.25) is 29.5 Å². The fraction of sp³-hybridized carbons (Fsp3) is 0.287. The summed E-state index contributed by atoms with van der Waals surface area (Å²) < 4.78 is 41.2. The molecule has 5 aliphatic carbocycles. The molecule has 0 bridgehead atoms. The molecule has 0 spiro atoms. The number of benzene rings is 5. The number of thiazole rings is 5. The van der Waals surface area contributed by atoms with Gasteiger partial charge in [-0.2, -0.15) is 0 Å². The Hall–Kier alpha value is -11.7. The van der Waals surface area contributed by atoms with Crippen LogP contribution >= 0.6 is 103 Å². The van der Waals surface area contributed by atoms with Gasteiger partial charge in [-0.3, -0.25) is 34.0 Å². The molecule has 5 aromatic heterocycles. The molecule has 38 heteroatoms. The number of aliphatic hydroxyl groups is 2. The Kier molecular flexibility index (Phi) is 39.5. The number of hydrogen-bond acceptors (Lipinski definition) is 22. The highest BCUT2D eigenvalue weighted by atomic mass is 35.5. The standard InChI is InChI=1S/C21H23ClFN5OS.C21H24ClN5OS.C20H22ClN3OS.C20H22FN3O2S.C19H19ClFN3O2S/c1-3-18-11(2)27-20(30-18)17(10-26-21(24)25)28-19(29)14-5-4-12(8-14)13-6-7-15(22)16(23)9-13;1-3-18-12(2)26-20(29-18)17(11-25-21(23)24)27-19(28)15-5-4-14(10-15)13-6-8-16(22)9-7-13;1-3-18-12(2)23-20(26-18)17(11-22)24-19(25)15-5-4-14(10-15)13-6-8-16(21)9-7-13;1-11-3-4-14(8-16(11)21)13-5-6-15(7-13)19(26)24-17(9-22)20-23-12(2)18(10-25)27-20;1-10-17(9-25)27-19(23-10)16(8-22)24-18(26)13-3-2-11(6-13)12-4-5-14(20)15(21)7-12/h4-7,9,17H,3,8,10H2,1-2H3,(H,28,29)(H4,24,25,26);4-9,17H,3,10-11H2,1-2H3,(H,27,28)(H4,23,24,25);4-9,17H,3,10-11,22H2,1-2H3,(H,24,25);3-6,8,17,25H,7,9-10,22H2,1-2H3,(H,24,26);2-5,7,16,25H,6,8-9,22H2,1H3,(H,24,26). The van der Waals surface area contributed by atoms with E-state index in [0.717, 1.165) is 128 Å². The van der Waals surface area contributed by atoms with E-state index < -0.39 is 29.8 Å². The molecule has 0 aliphatic heterocycles. The lowest BCUT2D eigenvalue weighted by molar-refractivity contribution is -0.119. The molecule has 5 heterocycles. The monoisotopic (exact) mass is 2060 g/mol. The highest BCUT2D eigenvalue weighted by Gasteiger charge is 2.31. The molecule has 0 saturated heterocycles. The molecule has 0 radical (unpaired) electrons. The number of nitrogens with zero attached hydrogens (tertiary/aromatic N) is 7. The number of aliphatic imine (C=N–C) groups is 2. The van der Waals surface area contributed by atoms with Crippen LogP contribution < -0.4 is 66.7 Å². The molecule has 10 aromatic rings. The molecule has 139 heavy (non-hydrogen) atoms. The number of halogens is 7. The van der Waals surface area contributed by atoms with Gasteiger partial charge in [0.15, 0.2) is 11.9 Å². The molecule has 5 aliphatic rings. The number of carbonyl (C=O) groups is 5. The summed E-state index contributed by atoms with van der Waals surface area (Å²) in [6, 6.07) is 27.6. The van der Waals surface area contributed by atoms with Gasteiger partial charge in [-0.15, -0.1) is 56.7 Å². The Labute approximate surface area is 845 Å². The summed E-state index contributed by atoms with van der Waals surface area (Å²) in [5, 5.41) is 38.8. The van der Waals surface area contributed by atoms with Crippen LogP contribution in [-0.2, 0) is 56.4 Å². The maximum atomic E-state index is 13.8. The maximum Gasteiger partial charge on any atom is 0.248 e. The van der Waals surface area contributed by atoms with Gasteiger partial charge >= 0.3 is 0 Å². The maximum absolute atomic E-state index is 13.8. The fourth-order valence-electron chi connectivity index (χ4n) is 14.9. The van der Waals surface area contributed by atoms with E-state index in [9.17, 15) is 47.4 Å². The number of hydrogen-bond donors (Lipinski definition) is 14. The number of aromatic nitrogens is 5. The minimum atomic E-state index is -0.491. The van der Waals surface area contributed by atoms with Crippen molar-refractivity contribution in [3.63, 3.8) is 0 Å². The first kappa shape index (κ1) is 108. The molecule has 0 saturated carbocycles. The second-order valence-electron chi connectivity index (χ2n) is 32.6. The third kappa shape index (κ3) is 29.2. The lowest BCUT2D eigenvalue weighted by Crippen LogP contribution is -2.34. The Bertz CT molecular complexity index is 6440. The summed E-state index contributed by atoms with van der Waals surface area (Å²) in [7, 11) is 0. The van der Waals surface area contributed by atoms with Crippen molar-refractivity contribution in [2.75, 3.05) is 32.7 Å². The zero-order valence-corrected chi connectivity index (χ0v) is 85.0. The minimum absolute atomic E-state index is 0.0139. The van der Waals surface area contributed by atoms with Crippen LogP contribution in [0.25, 0.3) is 27.9 Å². The van der Waals surface area contributed by atoms with Crippen LogP contribution in [0.5, 0.6) is 0 Å². The Morgan fingerprint density at radius 3 is 0.827 bits per heavy atom. The van der Waals surface area contributed by atoms with Crippen molar-refractivity contribution in [3.8, 4) is 0 Å². The van der Waals surface area contributed by atoms with Gasteiger partial charge in [-0.25, -0.2) is 38.1 Å². The number of aryl methyl sites for hydroxylation is 9. The lowest BCUT2D eigenvalue weighted by atomic mass is 10.0. The SMILES string of the molecule is CCc1sc(C(CN)NC(=O)C2=CC=C(c3ccc(Cl)cc3)C2)nc1C.CCc1sc(C(CN=C(N)N)NC(=O)C2=CC=C(c3ccc(Cl)c(F)c3)C2)nc1C.CCc1sc(C(CN=C(N)N)NC(=O)C2=CC=C(c3ccc(Cl)cc3)C2)nc1C.Cc1ccc(C2=CC=C(C(=O)NC(CN)c3nc(C)c(CO)s3)C2)cc1F.Cc1nc(C(CN)NC(=O)C2=CC=C(c3ccc(Cl)c(F)c3)C2)sc1CO. The topological polar surface area (TPSA) is 457 Å². The molecule has 0 fully saturated rings. The summed E-state index contributed by atoms with van der Waals surface area (Å²) >= 11 is 30.8. The number of aliphatic hydroxyl groups excluding tert-OH is 2. The first-order valence-corrected chi connectivity index (χ1v) is 50.1. The van der Waals surface area contributed by atoms with Crippen molar-refractivity contribution in [1.29, 1.82) is 0 Å². The first-order valence-electron chi connectivity index (χ1n) is 44.5. The zero-order chi connectivity index (χ0) is 101. The van der Waals surface area contributed by atoms with Crippen LogP contribution in [0.1, 0.15) is 194 Å². The van der Waals surface area contributed by atoms with Gasteiger partial charge in [0.05, 0.1) is 92.7 Å². The number of guanidine groups is 2. The average Bonchev–Trinajstić information content (AvgIpc) is 1.69. The predicted molar refractivity (Wildman–Crippen MR) is 557 cm³/mol. The Morgan fingerprint density at radius 2 is 0.590 bits per heavy atom. The van der Waals surface area contributed by atoms with Gasteiger partial charge in [-0.1, -0.05) is 176 Å². The van der Waals surface area contributed by atoms with Crippen molar-refractivity contribution in [1.82, 2.24) is 51.5 Å². The number of carbonyl (C=O) groups excluding carboxylic acids is 5. The first-order chi connectivity index (χ1) is 66.5. The number of allylic oxidation sites excluding steroid dienone is 15. The molecule has 15 rings (SSSR count). The summed E-state index contributed by atoms with van der Waals surface area (Å²) in [6.45, 7) is 18.5. The van der Waals surface area contributed by atoms with Crippen LogP contribution in [0, 0.1) is 59.0 Å². The van der Waals surface area contributed by atoms with Crippen molar-refractivity contribution in [3.05, 3.63) is 341 Å². The highest BCUT2D eigenvalue weighted by molar-refractivity contribution is 7.13. The van der Waals surface area contributed by atoms with Gasteiger partial charge in [0.25, 0.3) is 0 Å². The van der Waals surface area contributed by atoms with Gasteiger partial charge in [-0.05, 0) is 177 Å². The van der Waals surface area contributed by atoms with Gasteiger partial charge < -0.3 is 76.9 Å². The van der Waals surface area contributed by atoms with Gasteiger partial charge in [0, 0.05) is 104 Å². The van der Waals surface area contributed by atoms with Crippen molar-refractivity contribution in [2.45, 2.75) is 157 Å². The summed E-state index contributed by atoms with van der Waals surface area (Å²) in [5.74, 6) is -2.24. The molecular weight excluding hydrogens is 1950 g/mol. The zero-order valence-electron chi connectivity index (χ0n) is 77.9. The molecule has 5 atom stereocenters. The second-order valence-corrected chi connectivity index (χ2v) is 39.9. The third-order valence-electron chi connectivity index (χ3n) is 22.8. The second kappa shape index (κ2) is 50.9. The van der Waals surface area contributed by atoms with Gasteiger partial charge in [0.1, 0.15) is 54.6 Å². The number of nitrogens with two attached hydrogens (primary N) is 7. The Balaban J connectivity index is 0.000000167. The van der Waals surface area contributed by atoms with E-state index in [0.29, 0.717) is 97.7 Å². The van der Waals surface area contributed by atoms with E-state index in [1.807, 2.05) is 126 Å².